The molecular formula is C13H16N4O. The van der Waals surface area contributed by atoms with Crippen LogP contribution in [-0.2, 0) is 0 Å². The fraction of sp³-hybridized carbons (Fsp3) is 0.385. The highest BCUT2D eigenvalue weighted by Gasteiger charge is 2.21. The summed E-state index contributed by atoms with van der Waals surface area (Å²) < 4.78 is 5.55. The minimum atomic E-state index is 0.268. The second-order valence-corrected chi connectivity index (χ2v) is 4.32. The van der Waals surface area contributed by atoms with Crippen molar-refractivity contribution < 1.29 is 4.74 Å². The number of nitrogens with zero attached hydrogens (tertiary/aromatic N) is 3. The third-order valence-electron chi connectivity index (χ3n) is 2.83. The Hall–Kier alpha value is -2.06. The normalized spacial score (nSPS) is 20.4. The number of aliphatic imine (C=N–C) groups is 1. The predicted molar refractivity (Wildman–Crippen MR) is 69.2 cm³/mol. The van der Waals surface area contributed by atoms with E-state index in [4.69, 9.17) is 10.00 Å². The van der Waals surface area contributed by atoms with Crippen molar-refractivity contribution in [3.8, 4) is 11.9 Å². The quantitative estimate of drug-likeness (QED) is 0.482. The first-order valence-corrected chi connectivity index (χ1v) is 5.92. The zero-order valence-corrected chi connectivity index (χ0v) is 10.3. The van der Waals surface area contributed by atoms with E-state index < -0.39 is 0 Å². The number of hydrogen-bond donors (Lipinski definition) is 1. The molecule has 2 rings (SSSR count). The molecule has 1 fully saturated rings. The van der Waals surface area contributed by atoms with Gasteiger partial charge in [-0.3, -0.25) is 0 Å². The van der Waals surface area contributed by atoms with Gasteiger partial charge in [-0.05, 0) is 32.1 Å². The van der Waals surface area contributed by atoms with E-state index >= 15 is 0 Å². The van der Waals surface area contributed by atoms with Gasteiger partial charge in [0.25, 0.3) is 0 Å². The summed E-state index contributed by atoms with van der Waals surface area (Å²) in [6, 6.07) is 9.87. The molecular weight excluding hydrogens is 228 g/mol. The lowest BCUT2D eigenvalue weighted by molar-refractivity contribution is 0.402. The van der Waals surface area contributed by atoms with Crippen molar-refractivity contribution in [2.75, 3.05) is 20.1 Å². The lowest BCUT2D eigenvalue weighted by Crippen LogP contribution is -2.39. The first-order chi connectivity index (χ1) is 8.78. The number of ether oxygens (including phenoxy) is 1. The number of likely N-dealkylation sites (N-methyl/N-ethyl adjacent to an activating group) is 1. The van der Waals surface area contributed by atoms with Gasteiger partial charge < -0.3 is 15.0 Å². The average Bonchev–Trinajstić information content (AvgIpc) is 2.76. The highest BCUT2D eigenvalue weighted by molar-refractivity contribution is 5.77. The van der Waals surface area contributed by atoms with Gasteiger partial charge in [-0.2, -0.15) is 5.26 Å². The zero-order valence-electron chi connectivity index (χ0n) is 10.3. The molecule has 0 radical (unpaired) electrons. The molecule has 1 aromatic rings. The molecule has 94 valence electrons. The Kier molecular flexibility index (Phi) is 4.15. The largest absolute Gasteiger partial charge is 0.425 e. The third-order valence-corrected chi connectivity index (χ3v) is 2.83. The lowest BCUT2D eigenvalue weighted by atomic mass is 10.3. The van der Waals surface area contributed by atoms with Gasteiger partial charge in [-0.15, -0.1) is 4.99 Å². The van der Waals surface area contributed by atoms with E-state index in [0.29, 0.717) is 5.75 Å². The van der Waals surface area contributed by atoms with Crippen molar-refractivity contribution in [3.63, 3.8) is 0 Å². The Balaban J connectivity index is 1.97. The van der Waals surface area contributed by atoms with Gasteiger partial charge in [-0.1, -0.05) is 18.2 Å². The molecule has 0 bridgehead atoms. The molecule has 1 aliphatic rings. The Bertz CT molecular complexity index is 452. The summed E-state index contributed by atoms with van der Waals surface area (Å²) in [7, 11) is 2.07. The number of amidine groups is 1. The minimum Gasteiger partial charge on any atom is -0.425 e. The van der Waals surface area contributed by atoms with Crippen LogP contribution in [-0.4, -0.2) is 37.1 Å². The monoisotopic (exact) mass is 244 g/mol. The van der Waals surface area contributed by atoms with Gasteiger partial charge in [0.2, 0.25) is 6.19 Å². The van der Waals surface area contributed by atoms with E-state index in [1.165, 1.54) is 0 Å². The number of benzene rings is 1. The first-order valence-electron chi connectivity index (χ1n) is 5.92. The zero-order chi connectivity index (χ0) is 12.8. The summed E-state index contributed by atoms with van der Waals surface area (Å²) in [6.07, 6.45) is 2.79. The van der Waals surface area contributed by atoms with Gasteiger partial charge in [0, 0.05) is 12.6 Å². The van der Waals surface area contributed by atoms with Crippen LogP contribution < -0.4 is 10.1 Å². The standard InChI is InChI=1S/C13H16N4O/c1-17-8-7-11(9-17)16-13(15-10-14)18-12-5-3-2-4-6-12/h2-6,11H,7-9H2,1H3,(H,15,16)/t11-/m1/s1. The van der Waals surface area contributed by atoms with Crippen LogP contribution in [0.4, 0.5) is 0 Å². The molecule has 0 aliphatic carbocycles. The predicted octanol–water partition coefficient (Wildman–Crippen LogP) is 1.20. The topological polar surface area (TPSA) is 60.7 Å². The molecule has 1 atom stereocenters. The highest BCUT2D eigenvalue weighted by Crippen LogP contribution is 2.10. The Morgan fingerprint density at radius 1 is 1.50 bits per heavy atom. The minimum absolute atomic E-state index is 0.268. The van der Waals surface area contributed by atoms with Crippen molar-refractivity contribution in [1.82, 2.24) is 10.2 Å². The third kappa shape index (κ3) is 3.47. The Morgan fingerprint density at radius 2 is 2.28 bits per heavy atom. The fourth-order valence-electron chi connectivity index (χ4n) is 1.96. The molecule has 0 aromatic heterocycles. The molecule has 18 heavy (non-hydrogen) atoms. The van der Waals surface area contributed by atoms with Crippen molar-refractivity contribution >= 4 is 6.02 Å². The van der Waals surface area contributed by atoms with Crippen LogP contribution in [0, 0.1) is 11.5 Å². The second kappa shape index (κ2) is 6.03. The average molecular weight is 244 g/mol. The van der Waals surface area contributed by atoms with Gasteiger partial charge in [0.15, 0.2) is 0 Å². The number of nitriles is 1. The molecule has 0 saturated carbocycles. The van der Waals surface area contributed by atoms with Crippen molar-refractivity contribution in [2.45, 2.75) is 12.5 Å². The first kappa shape index (κ1) is 12.4. The van der Waals surface area contributed by atoms with Crippen LogP contribution in [0.3, 0.4) is 0 Å². The van der Waals surface area contributed by atoms with E-state index in [0.717, 1.165) is 19.5 Å². The van der Waals surface area contributed by atoms with Crippen LogP contribution in [0.15, 0.2) is 35.3 Å². The van der Waals surface area contributed by atoms with Gasteiger partial charge in [0.1, 0.15) is 5.75 Å². The van der Waals surface area contributed by atoms with Gasteiger partial charge in [0.05, 0.1) is 0 Å². The molecule has 0 unspecified atom stereocenters. The molecule has 0 spiro atoms. The van der Waals surface area contributed by atoms with E-state index in [9.17, 15) is 0 Å². The maximum atomic E-state index is 8.67. The number of hydrogen-bond acceptors (Lipinski definition) is 4. The lowest BCUT2D eigenvalue weighted by Gasteiger charge is -2.15. The number of rotatable bonds is 2. The van der Waals surface area contributed by atoms with E-state index in [-0.39, 0.29) is 12.1 Å². The summed E-state index contributed by atoms with van der Waals surface area (Å²) in [5.41, 5.74) is 0. The van der Waals surface area contributed by atoms with Crippen molar-refractivity contribution in [1.29, 1.82) is 5.26 Å². The molecule has 0 amide bonds. The smallest absolute Gasteiger partial charge is 0.305 e. The van der Waals surface area contributed by atoms with Crippen LogP contribution >= 0.6 is 0 Å². The maximum Gasteiger partial charge on any atom is 0.305 e. The van der Waals surface area contributed by atoms with E-state index in [2.05, 4.69) is 22.3 Å². The maximum absolute atomic E-state index is 8.67. The number of likely N-dealkylation sites (tertiary alicyclic amines) is 1. The SMILES string of the molecule is CN1CC[C@@H](N/C(=N/C#N)Oc2ccccc2)C1. The summed E-state index contributed by atoms with van der Waals surface area (Å²) in [4.78, 5) is 5.90. The van der Waals surface area contributed by atoms with E-state index in [1.54, 1.807) is 6.19 Å². The van der Waals surface area contributed by atoms with Crippen LogP contribution in [0.1, 0.15) is 6.42 Å². The Labute approximate surface area is 107 Å². The summed E-state index contributed by atoms with van der Waals surface area (Å²) in [5, 5.41) is 11.8. The molecule has 1 aromatic carbocycles. The number of nitrogens with one attached hydrogen (secondary N) is 1. The molecule has 1 saturated heterocycles. The summed E-state index contributed by atoms with van der Waals surface area (Å²) in [5.74, 6) is 0.672. The molecule has 1 aliphatic heterocycles. The molecule has 5 heteroatoms. The van der Waals surface area contributed by atoms with Crippen molar-refractivity contribution in [2.24, 2.45) is 4.99 Å². The van der Waals surface area contributed by atoms with Gasteiger partial charge in [-0.25, -0.2) is 0 Å². The van der Waals surface area contributed by atoms with Gasteiger partial charge >= 0.3 is 6.02 Å². The Morgan fingerprint density at radius 3 is 2.89 bits per heavy atom. The van der Waals surface area contributed by atoms with Crippen molar-refractivity contribution in [3.05, 3.63) is 30.3 Å². The number of para-hydroxylation sites is 1. The van der Waals surface area contributed by atoms with Crippen LogP contribution in [0.5, 0.6) is 5.75 Å². The van der Waals surface area contributed by atoms with Crippen LogP contribution in [0.25, 0.3) is 0 Å². The van der Waals surface area contributed by atoms with E-state index in [1.807, 2.05) is 30.3 Å². The van der Waals surface area contributed by atoms with Crippen LogP contribution in [0.2, 0.25) is 0 Å². The fourth-order valence-corrected chi connectivity index (χ4v) is 1.96. The summed E-state index contributed by atoms with van der Waals surface area (Å²) >= 11 is 0. The highest BCUT2D eigenvalue weighted by atomic mass is 16.5. The summed E-state index contributed by atoms with van der Waals surface area (Å²) in [6.45, 7) is 1.98. The molecule has 1 N–H and O–H groups in total. The second-order valence-electron chi connectivity index (χ2n) is 4.32. The molecule has 1 heterocycles. The molecule has 5 nitrogen and oxygen atoms in total.